The summed E-state index contributed by atoms with van der Waals surface area (Å²) >= 11 is 0. The van der Waals surface area contributed by atoms with Crippen LogP contribution in [0.1, 0.15) is 33.3 Å². The van der Waals surface area contributed by atoms with Crippen molar-refractivity contribution in [3.8, 4) is 0 Å². The van der Waals surface area contributed by atoms with Crippen molar-refractivity contribution >= 4 is 17.4 Å². The van der Waals surface area contributed by atoms with Crippen molar-refractivity contribution in [2.24, 2.45) is 5.73 Å². The van der Waals surface area contributed by atoms with Crippen LogP contribution in [0.25, 0.3) is 0 Å². The number of benzene rings is 1. The Labute approximate surface area is 144 Å². The molecule has 0 fully saturated rings. The maximum Gasteiger partial charge on any atom is 0.231 e. The minimum atomic E-state index is -0.421. The highest BCUT2D eigenvalue weighted by Crippen LogP contribution is 2.46. The van der Waals surface area contributed by atoms with Crippen molar-refractivity contribution in [3.05, 3.63) is 41.6 Å². The van der Waals surface area contributed by atoms with Crippen LogP contribution >= 0.6 is 0 Å². The second-order valence-electron chi connectivity index (χ2n) is 7.16. The summed E-state index contributed by atoms with van der Waals surface area (Å²) in [7, 11) is 1.98. The number of likely N-dealkylation sites (N-methyl/N-ethyl adjacent to an activating group) is 1. The van der Waals surface area contributed by atoms with E-state index in [1.165, 1.54) is 5.56 Å². The van der Waals surface area contributed by atoms with Gasteiger partial charge in [-0.1, -0.05) is 32.0 Å². The quantitative estimate of drug-likeness (QED) is 0.811. The molecule has 1 aliphatic rings. The highest BCUT2D eigenvalue weighted by atomic mass is 16.1. The van der Waals surface area contributed by atoms with Crippen LogP contribution in [0.15, 0.2) is 36.0 Å². The summed E-state index contributed by atoms with van der Waals surface area (Å²) in [6.45, 7) is 8.42. The zero-order chi connectivity index (χ0) is 18.1. The summed E-state index contributed by atoms with van der Waals surface area (Å²) in [6, 6.07) is 8.27. The Bertz CT molecular complexity index is 677. The fourth-order valence-corrected chi connectivity index (χ4v) is 3.28. The zero-order valence-electron chi connectivity index (χ0n) is 15.2. The van der Waals surface area contributed by atoms with Crippen molar-refractivity contribution < 1.29 is 9.59 Å². The smallest absolute Gasteiger partial charge is 0.231 e. The number of nitrogens with zero attached hydrogens (tertiary/aromatic N) is 2. The van der Waals surface area contributed by atoms with Crippen molar-refractivity contribution in [1.82, 2.24) is 4.90 Å². The van der Waals surface area contributed by atoms with Crippen LogP contribution in [0.5, 0.6) is 0 Å². The fourth-order valence-electron chi connectivity index (χ4n) is 3.28. The number of para-hydroxylation sites is 1. The van der Waals surface area contributed by atoms with Crippen LogP contribution in [0.3, 0.4) is 0 Å². The molecular weight excluding hydrogens is 302 g/mol. The molecule has 0 saturated heterocycles. The van der Waals surface area contributed by atoms with Gasteiger partial charge in [-0.05, 0) is 25.5 Å². The van der Waals surface area contributed by atoms with Gasteiger partial charge in [0.2, 0.25) is 5.91 Å². The predicted octanol–water partition coefficient (Wildman–Crippen LogP) is 2.06. The number of hydrogen-bond donors (Lipinski definition) is 1. The molecule has 24 heavy (non-hydrogen) atoms. The first-order valence-electron chi connectivity index (χ1n) is 8.25. The third-order valence-electron chi connectivity index (χ3n) is 4.69. The predicted molar refractivity (Wildman–Crippen MR) is 96.9 cm³/mol. The molecule has 1 aromatic rings. The van der Waals surface area contributed by atoms with Crippen LogP contribution in [0.2, 0.25) is 0 Å². The number of allylic oxidation sites excluding steroid dienone is 1. The van der Waals surface area contributed by atoms with Gasteiger partial charge in [0.25, 0.3) is 0 Å². The monoisotopic (exact) mass is 329 g/mol. The lowest BCUT2D eigenvalue weighted by Gasteiger charge is -2.26. The lowest BCUT2D eigenvalue weighted by atomic mass is 9.83. The first-order chi connectivity index (χ1) is 11.1. The molecule has 130 valence electrons. The number of rotatable bonds is 6. The number of ketones is 1. The van der Waals surface area contributed by atoms with E-state index >= 15 is 0 Å². The number of fused-ring (bicyclic) bond motifs is 1. The topological polar surface area (TPSA) is 66.6 Å². The van der Waals surface area contributed by atoms with Crippen molar-refractivity contribution in [2.75, 3.05) is 25.0 Å². The van der Waals surface area contributed by atoms with Crippen LogP contribution in [0, 0.1) is 0 Å². The Kier molecular flexibility index (Phi) is 5.13. The number of anilines is 1. The molecular formula is C19H27N3O2. The highest BCUT2D eigenvalue weighted by molar-refractivity contribution is 5.94. The van der Waals surface area contributed by atoms with Crippen molar-refractivity contribution in [2.45, 2.75) is 39.2 Å². The van der Waals surface area contributed by atoms with Crippen LogP contribution < -0.4 is 10.6 Å². The standard InChI is InChI=1S/C19H27N3O2/c1-13(2)22(12-18(20)24)11-14(23)10-17-19(3,4)15-8-6-7-9-16(15)21(17)5/h6-10,13H,11-12H2,1-5H3,(H2,20,24)/b17-10+. The lowest BCUT2D eigenvalue weighted by Crippen LogP contribution is -2.41. The van der Waals surface area contributed by atoms with Crippen molar-refractivity contribution in [1.29, 1.82) is 0 Å². The number of primary amides is 1. The molecule has 0 saturated carbocycles. The summed E-state index contributed by atoms with van der Waals surface area (Å²) in [5.41, 5.74) is 8.35. The van der Waals surface area contributed by atoms with Gasteiger partial charge in [0.15, 0.2) is 5.78 Å². The molecule has 0 spiro atoms. The van der Waals surface area contributed by atoms with Gasteiger partial charge in [0.1, 0.15) is 0 Å². The van der Waals surface area contributed by atoms with Gasteiger partial charge in [-0.15, -0.1) is 0 Å². The lowest BCUT2D eigenvalue weighted by molar-refractivity contribution is -0.121. The maximum atomic E-state index is 12.6. The van der Waals surface area contributed by atoms with E-state index in [0.29, 0.717) is 0 Å². The number of amides is 1. The number of nitrogens with two attached hydrogens (primary N) is 1. The van der Waals surface area contributed by atoms with E-state index in [0.717, 1.165) is 11.4 Å². The molecule has 0 unspecified atom stereocenters. The minimum Gasteiger partial charge on any atom is -0.369 e. The Morgan fingerprint density at radius 2 is 1.88 bits per heavy atom. The van der Waals surface area contributed by atoms with E-state index < -0.39 is 5.91 Å². The van der Waals surface area contributed by atoms with Gasteiger partial charge >= 0.3 is 0 Å². The van der Waals surface area contributed by atoms with Crippen molar-refractivity contribution in [3.63, 3.8) is 0 Å². The van der Waals surface area contributed by atoms with Gasteiger partial charge in [-0.3, -0.25) is 14.5 Å². The molecule has 5 heteroatoms. The molecule has 1 aliphatic heterocycles. The Hall–Kier alpha value is -2.14. The molecule has 0 radical (unpaired) electrons. The van der Waals surface area contributed by atoms with E-state index in [-0.39, 0.29) is 30.3 Å². The third-order valence-corrected chi connectivity index (χ3v) is 4.69. The summed E-state index contributed by atoms with van der Waals surface area (Å²) in [4.78, 5) is 27.6. The molecule has 2 rings (SSSR count). The Morgan fingerprint density at radius 1 is 1.25 bits per heavy atom. The summed E-state index contributed by atoms with van der Waals surface area (Å²) in [5, 5.41) is 0. The van der Waals surface area contributed by atoms with Gasteiger partial charge in [0.05, 0.1) is 13.1 Å². The third kappa shape index (κ3) is 3.51. The summed E-state index contributed by atoms with van der Waals surface area (Å²) in [5.74, 6) is -0.442. The summed E-state index contributed by atoms with van der Waals surface area (Å²) < 4.78 is 0. The molecule has 0 bridgehead atoms. The van der Waals surface area contributed by atoms with Gasteiger partial charge in [-0.25, -0.2) is 0 Å². The Balaban J connectivity index is 2.25. The molecule has 2 N–H and O–H groups in total. The highest BCUT2D eigenvalue weighted by Gasteiger charge is 2.38. The van der Waals surface area contributed by atoms with E-state index in [1.807, 2.05) is 33.0 Å². The molecule has 0 aliphatic carbocycles. The molecule has 0 atom stereocenters. The van der Waals surface area contributed by atoms with Gasteiger partial charge < -0.3 is 10.6 Å². The minimum absolute atomic E-state index is 0.0207. The van der Waals surface area contributed by atoms with Gasteiger partial charge in [-0.2, -0.15) is 0 Å². The van der Waals surface area contributed by atoms with Gasteiger partial charge in [0, 0.05) is 36.0 Å². The van der Waals surface area contributed by atoms with E-state index in [2.05, 4.69) is 30.9 Å². The average molecular weight is 329 g/mol. The van der Waals surface area contributed by atoms with Crippen LogP contribution in [-0.2, 0) is 15.0 Å². The second kappa shape index (κ2) is 6.77. The Morgan fingerprint density at radius 3 is 2.42 bits per heavy atom. The largest absolute Gasteiger partial charge is 0.369 e. The molecule has 1 heterocycles. The summed E-state index contributed by atoms with van der Waals surface area (Å²) in [6.07, 6.45) is 1.70. The zero-order valence-corrected chi connectivity index (χ0v) is 15.2. The first-order valence-corrected chi connectivity index (χ1v) is 8.25. The second-order valence-corrected chi connectivity index (χ2v) is 7.16. The average Bonchev–Trinajstić information content (AvgIpc) is 2.68. The first kappa shape index (κ1) is 18.2. The van der Waals surface area contributed by atoms with E-state index in [1.54, 1.807) is 11.0 Å². The fraction of sp³-hybridized carbons (Fsp3) is 0.474. The number of carbonyl (C=O) groups is 2. The molecule has 0 aromatic heterocycles. The number of hydrogen-bond acceptors (Lipinski definition) is 4. The maximum absolute atomic E-state index is 12.6. The molecule has 1 aromatic carbocycles. The SMILES string of the molecule is CC(C)N(CC(N)=O)CC(=O)/C=C1/N(C)c2ccccc2C1(C)C. The van der Waals surface area contributed by atoms with E-state index in [9.17, 15) is 9.59 Å². The van der Waals surface area contributed by atoms with Crippen LogP contribution in [-0.4, -0.2) is 42.8 Å². The van der Waals surface area contributed by atoms with E-state index in [4.69, 9.17) is 5.73 Å². The molecule has 5 nitrogen and oxygen atoms in total. The normalized spacial score (nSPS) is 17.6. The van der Waals surface area contributed by atoms with Crippen LogP contribution in [0.4, 0.5) is 5.69 Å². The number of carbonyl (C=O) groups excluding carboxylic acids is 2. The molecule has 1 amide bonds.